The molecule has 2 amide bonds. The summed E-state index contributed by atoms with van der Waals surface area (Å²) < 4.78 is -0.664. The minimum Gasteiger partial charge on any atom is -0.480 e. The third-order valence-corrected chi connectivity index (χ3v) is 6.36. The van der Waals surface area contributed by atoms with Crippen LogP contribution >= 0.6 is 11.8 Å². The maximum atomic E-state index is 12.6. The third kappa shape index (κ3) is 2.97. The summed E-state index contributed by atoms with van der Waals surface area (Å²) in [6.45, 7) is 3.53. The molecule has 0 bridgehead atoms. The van der Waals surface area contributed by atoms with Crippen molar-refractivity contribution in [3.05, 3.63) is 23.8 Å². The van der Waals surface area contributed by atoms with Crippen LogP contribution in [0.5, 0.6) is 0 Å². The van der Waals surface area contributed by atoms with Crippen molar-refractivity contribution in [1.29, 1.82) is 0 Å². The van der Waals surface area contributed by atoms with Crippen LogP contribution in [0.3, 0.4) is 0 Å². The molecule has 2 N–H and O–H groups in total. The molecule has 0 spiro atoms. The fraction of sp³-hybridized carbons (Fsp3) is 0.529. The largest absolute Gasteiger partial charge is 0.480 e. The number of β-lactam (4-membered cyclic amide) rings is 1. The summed E-state index contributed by atoms with van der Waals surface area (Å²) in [6.07, 6.45) is 8.23. The van der Waals surface area contributed by atoms with E-state index in [1.807, 2.05) is 18.2 Å². The number of nitrogens with zero attached hydrogens (tertiary/aromatic N) is 2. The molecule has 2 heterocycles. The van der Waals surface area contributed by atoms with Gasteiger partial charge >= 0.3 is 5.97 Å². The fourth-order valence-corrected chi connectivity index (χ4v) is 5.21. The summed E-state index contributed by atoms with van der Waals surface area (Å²) >= 11 is 1.34. The second-order valence-corrected chi connectivity index (χ2v) is 8.67. The number of fused-ring (bicyclic) bond motifs is 1. The van der Waals surface area contributed by atoms with Gasteiger partial charge in [0.25, 0.3) is 5.91 Å². The summed E-state index contributed by atoms with van der Waals surface area (Å²) in [7, 11) is 0. The standard InChI is InChI=1S/C17H19N3O5S/c1-17(2)12(16(24)25)20-14(23)11(15(20)26-17)19-13(22)10(18-8-21)9-6-4-3-5-7-9/h3-4,7,10-12,15H,5-6H2,1-2H3,(H,19,22)(H,24,25)/t10?,11?,12-,15+/m0/s1. The van der Waals surface area contributed by atoms with Crippen LogP contribution < -0.4 is 5.32 Å². The summed E-state index contributed by atoms with van der Waals surface area (Å²) in [4.78, 5) is 52.2. The van der Waals surface area contributed by atoms with Crippen LogP contribution in [0.1, 0.15) is 26.7 Å². The zero-order valence-corrected chi connectivity index (χ0v) is 15.2. The highest BCUT2D eigenvalue weighted by molar-refractivity contribution is 8.01. The van der Waals surface area contributed by atoms with Crippen LogP contribution in [0.15, 0.2) is 28.8 Å². The van der Waals surface area contributed by atoms with Crippen molar-refractivity contribution in [1.82, 2.24) is 10.2 Å². The Bertz CT molecular complexity index is 768. The Morgan fingerprint density at radius 3 is 2.77 bits per heavy atom. The second kappa shape index (κ2) is 6.74. The summed E-state index contributed by atoms with van der Waals surface area (Å²) in [6, 6.07) is -2.78. The lowest BCUT2D eigenvalue weighted by molar-refractivity contribution is -0.161. The molecule has 9 heteroatoms. The van der Waals surface area contributed by atoms with E-state index in [1.54, 1.807) is 13.8 Å². The quantitative estimate of drug-likeness (QED) is 0.314. The van der Waals surface area contributed by atoms with Crippen molar-refractivity contribution < 1.29 is 24.3 Å². The van der Waals surface area contributed by atoms with Gasteiger partial charge in [-0.1, -0.05) is 18.2 Å². The maximum absolute atomic E-state index is 12.6. The molecule has 2 saturated heterocycles. The second-order valence-electron chi connectivity index (χ2n) is 6.90. The molecule has 0 aromatic rings. The molecule has 138 valence electrons. The number of carbonyl (C=O) groups excluding carboxylic acids is 3. The molecule has 2 fully saturated rings. The normalized spacial score (nSPS) is 29.8. The lowest BCUT2D eigenvalue weighted by Gasteiger charge is -2.43. The van der Waals surface area contributed by atoms with Crippen molar-refractivity contribution in [3.8, 4) is 0 Å². The van der Waals surface area contributed by atoms with E-state index < -0.39 is 46.0 Å². The van der Waals surface area contributed by atoms with Crippen LogP contribution in [0.2, 0.25) is 0 Å². The monoisotopic (exact) mass is 377 g/mol. The molecule has 0 aromatic heterocycles. The van der Waals surface area contributed by atoms with Crippen LogP contribution in [0.4, 0.5) is 0 Å². The molecular formula is C17H19N3O5S. The van der Waals surface area contributed by atoms with Gasteiger partial charge in [0.1, 0.15) is 17.5 Å². The average Bonchev–Trinajstić information content (AvgIpc) is 2.86. The minimum atomic E-state index is -1.06. The Morgan fingerprint density at radius 1 is 1.46 bits per heavy atom. The highest BCUT2D eigenvalue weighted by Gasteiger charge is 2.64. The maximum Gasteiger partial charge on any atom is 0.327 e. The van der Waals surface area contributed by atoms with E-state index in [0.29, 0.717) is 18.4 Å². The predicted molar refractivity (Wildman–Crippen MR) is 94.0 cm³/mol. The summed E-state index contributed by atoms with van der Waals surface area (Å²) in [5.41, 5.74) is 0.680. The molecule has 2 aliphatic heterocycles. The highest BCUT2D eigenvalue weighted by Crippen LogP contribution is 2.50. The zero-order chi connectivity index (χ0) is 19.1. The Labute approximate surface area is 154 Å². The number of allylic oxidation sites excluding steroid dienone is 3. The smallest absolute Gasteiger partial charge is 0.327 e. The van der Waals surface area contributed by atoms with Crippen LogP contribution in [-0.4, -0.2) is 62.1 Å². The summed E-state index contributed by atoms with van der Waals surface area (Å²) in [5, 5.41) is 11.6. The number of thioether (sulfide) groups is 1. The Hall–Kier alpha value is -2.38. The molecular weight excluding hydrogens is 358 g/mol. The molecule has 8 nitrogen and oxygen atoms in total. The zero-order valence-electron chi connectivity index (χ0n) is 14.3. The predicted octanol–water partition coefficient (Wildman–Crippen LogP) is 0.599. The number of carbonyl (C=O) groups is 3. The number of hydrogen-bond donors (Lipinski definition) is 2. The summed E-state index contributed by atoms with van der Waals surface area (Å²) in [5.74, 6) is -2.05. The topological polar surface area (TPSA) is 116 Å². The van der Waals surface area contributed by atoms with E-state index in [0.717, 1.165) is 0 Å². The number of carboxylic acid groups (broad SMARTS) is 1. The number of aliphatic imine (C=N–C) groups is 1. The molecule has 2 unspecified atom stereocenters. The first kappa shape index (κ1) is 18.4. The first-order valence-corrected chi connectivity index (χ1v) is 9.10. The van der Waals surface area contributed by atoms with Crippen molar-refractivity contribution >= 4 is 35.6 Å². The van der Waals surface area contributed by atoms with Gasteiger partial charge in [-0.15, -0.1) is 11.8 Å². The van der Waals surface area contributed by atoms with Gasteiger partial charge in [0, 0.05) is 4.75 Å². The van der Waals surface area contributed by atoms with Crippen molar-refractivity contribution in [2.45, 2.75) is 54.9 Å². The van der Waals surface area contributed by atoms with Crippen molar-refractivity contribution in [2.75, 3.05) is 0 Å². The molecule has 0 aromatic carbocycles. The molecule has 1 aliphatic carbocycles. The number of aliphatic carboxylic acids is 1. The van der Waals surface area contributed by atoms with Gasteiger partial charge in [-0.05, 0) is 32.3 Å². The van der Waals surface area contributed by atoms with Gasteiger partial charge in [-0.25, -0.2) is 9.59 Å². The number of nitrogens with one attached hydrogen (secondary N) is 1. The van der Waals surface area contributed by atoms with Gasteiger partial charge in [0.2, 0.25) is 12.0 Å². The molecule has 3 aliphatic rings. The number of carboxylic acids is 1. The van der Waals surface area contributed by atoms with E-state index in [9.17, 15) is 24.3 Å². The van der Waals surface area contributed by atoms with E-state index >= 15 is 0 Å². The minimum absolute atomic E-state index is 0.430. The lowest BCUT2D eigenvalue weighted by atomic mass is 9.95. The van der Waals surface area contributed by atoms with Gasteiger partial charge in [0.05, 0.1) is 0 Å². The van der Waals surface area contributed by atoms with E-state index in [2.05, 4.69) is 10.3 Å². The van der Waals surface area contributed by atoms with Gasteiger partial charge < -0.3 is 15.3 Å². The van der Waals surface area contributed by atoms with E-state index in [4.69, 9.17) is 0 Å². The number of isocyanates is 1. The van der Waals surface area contributed by atoms with E-state index in [-0.39, 0.29) is 0 Å². The lowest BCUT2D eigenvalue weighted by Crippen LogP contribution is -2.71. The Morgan fingerprint density at radius 2 is 2.19 bits per heavy atom. The Balaban J connectivity index is 1.74. The van der Waals surface area contributed by atoms with Gasteiger partial charge in [0.15, 0.2) is 6.04 Å². The third-order valence-electron chi connectivity index (χ3n) is 4.79. The molecule has 0 saturated carbocycles. The first-order valence-electron chi connectivity index (χ1n) is 8.22. The van der Waals surface area contributed by atoms with E-state index in [1.165, 1.54) is 22.7 Å². The Kier molecular flexibility index (Phi) is 4.77. The van der Waals surface area contributed by atoms with Crippen LogP contribution in [-0.2, 0) is 19.2 Å². The van der Waals surface area contributed by atoms with Crippen molar-refractivity contribution in [3.63, 3.8) is 0 Å². The molecule has 26 heavy (non-hydrogen) atoms. The van der Waals surface area contributed by atoms with Crippen molar-refractivity contribution in [2.24, 2.45) is 4.99 Å². The fourth-order valence-electron chi connectivity index (χ4n) is 3.58. The van der Waals surface area contributed by atoms with Crippen LogP contribution in [0, 0.1) is 0 Å². The highest BCUT2D eigenvalue weighted by atomic mass is 32.2. The number of amides is 2. The SMILES string of the molecule is CC1(C)S[C@@H]2C(NC(=O)C(N=C=O)C3=CCC=CC3)C(=O)N2[C@H]1C(=O)O. The first-order chi connectivity index (χ1) is 12.3. The van der Waals surface area contributed by atoms with Gasteiger partial charge in [-0.3, -0.25) is 9.59 Å². The molecule has 0 radical (unpaired) electrons. The number of rotatable bonds is 5. The molecule has 4 atom stereocenters. The van der Waals surface area contributed by atoms with Gasteiger partial charge in [-0.2, -0.15) is 4.99 Å². The molecule has 3 rings (SSSR count). The average molecular weight is 377 g/mol. The number of hydrogen-bond acceptors (Lipinski definition) is 6. The van der Waals surface area contributed by atoms with Crippen LogP contribution in [0.25, 0.3) is 0 Å².